The van der Waals surface area contributed by atoms with Gasteiger partial charge in [0.1, 0.15) is 22.9 Å². The van der Waals surface area contributed by atoms with Crippen LogP contribution in [0.4, 0.5) is 4.39 Å². The van der Waals surface area contributed by atoms with Crippen molar-refractivity contribution in [2.24, 2.45) is 10.9 Å². The van der Waals surface area contributed by atoms with Crippen LogP contribution in [0, 0.1) is 11.7 Å². The first-order chi connectivity index (χ1) is 17.5. The molecule has 1 fully saturated rings. The van der Waals surface area contributed by atoms with E-state index in [1.54, 1.807) is 24.3 Å². The van der Waals surface area contributed by atoms with Crippen LogP contribution in [0.2, 0.25) is 0 Å². The molecule has 1 aliphatic heterocycles. The summed E-state index contributed by atoms with van der Waals surface area (Å²) in [4.78, 5) is 4.62. The third-order valence-electron chi connectivity index (χ3n) is 6.32. The van der Waals surface area contributed by atoms with Gasteiger partial charge in [0, 0.05) is 18.0 Å². The van der Waals surface area contributed by atoms with Crippen LogP contribution in [0.5, 0.6) is 11.5 Å². The predicted octanol–water partition coefficient (Wildman–Crippen LogP) is 3.73. The molecule has 0 radical (unpaired) electrons. The summed E-state index contributed by atoms with van der Waals surface area (Å²) < 4.78 is 71.1. The number of fused-ring (bicyclic) bond motifs is 1. The number of aliphatic imine (C=N–C) groups is 1. The highest BCUT2D eigenvalue weighted by atomic mass is 35.5. The molecule has 2 atom stereocenters. The highest BCUT2D eigenvalue weighted by Gasteiger charge is 2.64. The molecule has 194 valence electrons. The molecule has 0 amide bonds. The summed E-state index contributed by atoms with van der Waals surface area (Å²) in [6.45, 7) is 0.0156. The standard InChI is InChI=1S/C25H23ClFN3O5S2/c1-36(31,32)30-11-4-12-37(33,34)18-6-2-5-16(13-18)35-17-9-10-22(27)20(14-17)25-19-7-3-8-21(26)24(23(19)25)28-15-29-25/h2-3,5-10,13-15,19,30H,4,11-12H2,1H3,(H,28,29). The van der Waals surface area contributed by atoms with Gasteiger partial charge in [0.15, 0.2) is 9.84 Å². The fourth-order valence-corrected chi connectivity index (χ4v) is 6.71. The van der Waals surface area contributed by atoms with Crippen LogP contribution < -0.4 is 14.8 Å². The van der Waals surface area contributed by atoms with E-state index in [-0.39, 0.29) is 35.3 Å². The van der Waals surface area contributed by atoms with E-state index in [1.807, 2.05) is 12.2 Å². The summed E-state index contributed by atoms with van der Waals surface area (Å²) in [5.41, 5.74) is 1.00. The fraction of sp³-hybridized carbons (Fsp3) is 0.240. The predicted molar refractivity (Wildman–Crippen MR) is 139 cm³/mol. The van der Waals surface area contributed by atoms with Crippen LogP contribution in [0.15, 0.2) is 86.9 Å². The zero-order chi connectivity index (χ0) is 26.4. The van der Waals surface area contributed by atoms with Gasteiger partial charge in [-0.05, 0) is 54.5 Å². The number of hydrogen-bond acceptors (Lipinski definition) is 7. The maximum atomic E-state index is 15.1. The summed E-state index contributed by atoms with van der Waals surface area (Å²) in [5.74, 6) is -0.261. The Bertz CT molecular complexity index is 1620. The molecule has 1 heterocycles. The molecule has 2 aromatic rings. The van der Waals surface area contributed by atoms with Gasteiger partial charge in [0.25, 0.3) is 0 Å². The average molecular weight is 564 g/mol. The lowest BCUT2D eigenvalue weighted by Gasteiger charge is -2.19. The Morgan fingerprint density at radius 2 is 1.95 bits per heavy atom. The molecule has 2 N–H and O–H groups in total. The molecule has 2 aliphatic carbocycles. The van der Waals surface area contributed by atoms with Crippen LogP contribution >= 0.6 is 11.6 Å². The molecule has 8 nitrogen and oxygen atoms in total. The summed E-state index contributed by atoms with van der Waals surface area (Å²) in [6, 6.07) is 10.3. The van der Waals surface area contributed by atoms with Crippen LogP contribution in [-0.4, -0.2) is 41.7 Å². The number of rotatable bonds is 9. The van der Waals surface area contributed by atoms with Gasteiger partial charge >= 0.3 is 0 Å². The molecule has 0 bridgehead atoms. The first-order valence-electron chi connectivity index (χ1n) is 11.4. The van der Waals surface area contributed by atoms with Crippen molar-refractivity contribution in [2.75, 3.05) is 18.6 Å². The lowest BCUT2D eigenvalue weighted by Crippen LogP contribution is -2.24. The van der Waals surface area contributed by atoms with Gasteiger partial charge in [-0.25, -0.2) is 25.9 Å². The molecule has 2 aromatic carbocycles. The van der Waals surface area contributed by atoms with Gasteiger partial charge in [-0.1, -0.05) is 29.8 Å². The van der Waals surface area contributed by atoms with E-state index in [2.05, 4.69) is 15.0 Å². The first-order valence-corrected chi connectivity index (χ1v) is 15.3. The van der Waals surface area contributed by atoms with E-state index in [9.17, 15) is 16.8 Å². The molecule has 0 spiro atoms. The molecule has 0 saturated heterocycles. The maximum absolute atomic E-state index is 15.1. The number of nitrogens with zero attached hydrogens (tertiary/aromatic N) is 1. The number of halogens is 2. The lowest BCUT2D eigenvalue weighted by atomic mass is 9.99. The van der Waals surface area contributed by atoms with E-state index >= 15 is 4.39 Å². The highest BCUT2D eigenvalue weighted by Crippen LogP contribution is 2.65. The second kappa shape index (κ2) is 9.39. The molecule has 0 aromatic heterocycles. The third-order valence-corrected chi connectivity index (χ3v) is 9.16. The van der Waals surface area contributed by atoms with Crippen LogP contribution in [-0.2, 0) is 25.4 Å². The van der Waals surface area contributed by atoms with Gasteiger partial charge in [-0.15, -0.1) is 0 Å². The zero-order valence-electron chi connectivity index (χ0n) is 19.6. The molecule has 1 saturated carbocycles. The molecule has 37 heavy (non-hydrogen) atoms. The normalized spacial score (nSPS) is 22.1. The number of hydrogen-bond donors (Lipinski definition) is 2. The van der Waals surface area contributed by atoms with Gasteiger partial charge < -0.3 is 10.1 Å². The number of allylic oxidation sites excluding steroid dienone is 3. The summed E-state index contributed by atoms with van der Waals surface area (Å²) in [5, 5.41) is 3.56. The van der Waals surface area contributed by atoms with Crippen molar-refractivity contribution in [1.29, 1.82) is 0 Å². The smallest absolute Gasteiger partial charge is 0.208 e. The minimum Gasteiger partial charge on any atom is -0.457 e. The average Bonchev–Trinajstić information content (AvgIpc) is 3.54. The van der Waals surface area contributed by atoms with Crippen molar-refractivity contribution >= 4 is 37.8 Å². The second-order valence-corrected chi connectivity index (χ2v) is 13.2. The van der Waals surface area contributed by atoms with E-state index in [1.165, 1.54) is 30.6 Å². The fourth-order valence-electron chi connectivity index (χ4n) is 4.63. The quantitative estimate of drug-likeness (QED) is 0.449. The summed E-state index contributed by atoms with van der Waals surface area (Å²) in [7, 11) is -7.07. The van der Waals surface area contributed by atoms with E-state index in [4.69, 9.17) is 16.3 Å². The molecule has 3 aliphatic rings. The summed E-state index contributed by atoms with van der Waals surface area (Å²) >= 11 is 6.38. The van der Waals surface area contributed by atoms with Crippen LogP contribution in [0.25, 0.3) is 0 Å². The Kier molecular flexibility index (Phi) is 6.51. The van der Waals surface area contributed by atoms with E-state index in [0.717, 1.165) is 11.8 Å². The molecule has 5 rings (SSSR count). The lowest BCUT2D eigenvalue weighted by molar-refractivity contribution is 0.474. The van der Waals surface area contributed by atoms with Gasteiger partial charge in [-0.2, -0.15) is 0 Å². The minimum absolute atomic E-state index is 0.0156. The molecule has 2 unspecified atom stereocenters. The van der Waals surface area contributed by atoms with E-state index in [0.29, 0.717) is 22.0 Å². The first kappa shape index (κ1) is 25.7. The highest BCUT2D eigenvalue weighted by molar-refractivity contribution is 7.91. The van der Waals surface area contributed by atoms with Crippen molar-refractivity contribution in [1.82, 2.24) is 10.0 Å². The number of ether oxygens (including phenoxy) is 1. The van der Waals surface area contributed by atoms with Crippen molar-refractivity contribution < 1.29 is 26.0 Å². The maximum Gasteiger partial charge on any atom is 0.208 e. The SMILES string of the molecule is CS(=O)(=O)NCCCS(=O)(=O)c1cccc(Oc2ccc(F)c(C34N=CNC5=C3C4C=CC=C5Cl)c2)c1. The monoisotopic (exact) mass is 563 g/mol. The Hall–Kier alpha value is -2.99. The van der Waals surface area contributed by atoms with Crippen molar-refractivity contribution in [3.8, 4) is 11.5 Å². The van der Waals surface area contributed by atoms with Crippen LogP contribution in [0.3, 0.4) is 0 Å². The van der Waals surface area contributed by atoms with Gasteiger partial charge in [0.2, 0.25) is 10.0 Å². The Morgan fingerprint density at radius 1 is 1.16 bits per heavy atom. The Labute approximate surface area is 219 Å². The third kappa shape index (κ3) is 4.96. The van der Waals surface area contributed by atoms with Crippen LogP contribution in [0.1, 0.15) is 12.0 Å². The molecular formula is C25H23ClFN3O5S2. The zero-order valence-corrected chi connectivity index (χ0v) is 22.0. The number of sulfonamides is 1. The van der Waals surface area contributed by atoms with Crippen molar-refractivity contribution in [3.63, 3.8) is 0 Å². The Balaban J connectivity index is 1.38. The number of sulfone groups is 1. The van der Waals surface area contributed by atoms with Crippen molar-refractivity contribution in [3.05, 3.63) is 88.4 Å². The number of benzene rings is 2. The molecule has 12 heteroatoms. The van der Waals surface area contributed by atoms with Gasteiger partial charge in [-0.3, -0.25) is 4.99 Å². The topological polar surface area (TPSA) is 114 Å². The van der Waals surface area contributed by atoms with E-state index < -0.39 is 31.2 Å². The second-order valence-electron chi connectivity index (χ2n) is 8.89. The largest absolute Gasteiger partial charge is 0.457 e. The van der Waals surface area contributed by atoms with Crippen molar-refractivity contribution in [2.45, 2.75) is 16.9 Å². The number of nitrogens with one attached hydrogen (secondary N) is 2. The minimum atomic E-state index is -3.68. The Morgan fingerprint density at radius 3 is 2.73 bits per heavy atom. The van der Waals surface area contributed by atoms with Gasteiger partial charge in [0.05, 0.1) is 34.0 Å². The molecular weight excluding hydrogens is 541 g/mol. The summed E-state index contributed by atoms with van der Waals surface area (Å²) in [6.07, 6.45) is 8.17.